The molecule has 0 fully saturated rings. The third-order valence-corrected chi connectivity index (χ3v) is 2.65. The normalized spacial score (nSPS) is 10.9. The SMILES string of the molecule is Cc1cccc(C=Nc2ccccc2S)c1. The minimum absolute atomic E-state index is 0.895. The zero-order chi connectivity index (χ0) is 11.4. The number of hydrogen-bond acceptors (Lipinski definition) is 2. The summed E-state index contributed by atoms with van der Waals surface area (Å²) in [5, 5.41) is 0. The number of aryl methyl sites for hydroxylation is 1. The lowest BCUT2D eigenvalue weighted by molar-refractivity contribution is 1.38. The molecule has 16 heavy (non-hydrogen) atoms. The van der Waals surface area contributed by atoms with Gasteiger partial charge in [0.2, 0.25) is 0 Å². The second kappa shape index (κ2) is 4.99. The molecule has 0 aliphatic heterocycles. The second-order valence-corrected chi connectivity index (χ2v) is 4.14. The van der Waals surface area contributed by atoms with Crippen LogP contribution in [0.1, 0.15) is 11.1 Å². The summed E-state index contributed by atoms with van der Waals surface area (Å²) in [6.07, 6.45) is 1.86. The van der Waals surface area contributed by atoms with E-state index >= 15 is 0 Å². The molecule has 0 atom stereocenters. The quantitative estimate of drug-likeness (QED) is 0.587. The summed E-state index contributed by atoms with van der Waals surface area (Å²) in [6, 6.07) is 16.0. The predicted molar refractivity (Wildman–Crippen MR) is 72.1 cm³/mol. The number of thiol groups is 1. The lowest BCUT2D eigenvalue weighted by atomic mass is 10.1. The van der Waals surface area contributed by atoms with Gasteiger partial charge in [-0.05, 0) is 24.6 Å². The van der Waals surface area contributed by atoms with Crippen LogP contribution in [0.5, 0.6) is 0 Å². The minimum atomic E-state index is 0.895. The summed E-state index contributed by atoms with van der Waals surface area (Å²) in [4.78, 5) is 5.31. The third kappa shape index (κ3) is 2.74. The summed E-state index contributed by atoms with van der Waals surface area (Å²) < 4.78 is 0. The van der Waals surface area contributed by atoms with Gasteiger partial charge in [0.25, 0.3) is 0 Å². The van der Waals surface area contributed by atoms with Crippen LogP contribution < -0.4 is 0 Å². The van der Waals surface area contributed by atoms with Gasteiger partial charge in [0.1, 0.15) is 0 Å². The molecule has 0 radical (unpaired) electrons. The molecule has 1 nitrogen and oxygen atoms in total. The van der Waals surface area contributed by atoms with E-state index in [9.17, 15) is 0 Å². The molecule has 2 heteroatoms. The lowest BCUT2D eigenvalue weighted by Gasteiger charge is -1.98. The van der Waals surface area contributed by atoms with Gasteiger partial charge in [0.05, 0.1) is 5.69 Å². The van der Waals surface area contributed by atoms with Gasteiger partial charge in [-0.15, -0.1) is 12.6 Å². The fourth-order valence-corrected chi connectivity index (χ4v) is 1.69. The maximum atomic E-state index is 4.42. The average Bonchev–Trinajstić information content (AvgIpc) is 2.28. The van der Waals surface area contributed by atoms with E-state index in [1.165, 1.54) is 5.56 Å². The van der Waals surface area contributed by atoms with Crippen LogP contribution in [0.25, 0.3) is 0 Å². The zero-order valence-electron chi connectivity index (χ0n) is 9.09. The molecule has 0 aliphatic carbocycles. The number of hydrogen-bond donors (Lipinski definition) is 1. The van der Waals surface area contributed by atoms with Crippen molar-refractivity contribution in [1.29, 1.82) is 0 Å². The van der Waals surface area contributed by atoms with E-state index in [1.54, 1.807) is 0 Å². The Morgan fingerprint density at radius 3 is 2.62 bits per heavy atom. The molecular formula is C14H13NS. The number of rotatable bonds is 2. The van der Waals surface area contributed by atoms with Crippen molar-refractivity contribution < 1.29 is 0 Å². The zero-order valence-corrected chi connectivity index (χ0v) is 9.99. The van der Waals surface area contributed by atoms with Crippen LogP contribution in [-0.2, 0) is 0 Å². The Bertz CT molecular complexity index is 518. The maximum Gasteiger partial charge on any atom is 0.0763 e. The Morgan fingerprint density at radius 1 is 1.06 bits per heavy atom. The van der Waals surface area contributed by atoms with E-state index in [2.05, 4.69) is 36.7 Å². The molecule has 0 heterocycles. The molecule has 0 aromatic heterocycles. The first-order valence-electron chi connectivity index (χ1n) is 5.14. The topological polar surface area (TPSA) is 12.4 Å². The highest BCUT2D eigenvalue weighted by Crippen LogP contribution is 2.21. The van der Waals surface area contributed by atoms with Crippen LogP contribution in [-0.4, -0.2) is 6.21 Å². The lowest BCUT2D eigenvalue weighted by Crippen LogP contribution is -1.81. The summed E-state index contributed by atoms with van der Waals surface area (Å²) in [6.45, 7) is 2.07. The van der Waals surface area contributed by atoms with Gasteiger partial charge >= 0.3 is 0 Å². The molecule has 0 bridgehead atoms. The van der Waals surface area contributed by atoms with Gasteiger partial charge in [-0.3, -0.25) is 4.99 Å². The van der Waals surface area contributed by atoms with Crippen LogP contribution in [0.3, 0.4) is 0 Å². The molecule has 0 aliphatic rings. The van der Waals surface area contributed by atoms with E-state index in [4.69, 9.17) is 0 Å². The fraction of sp³-hybridized carbons (Fsp3) is 0.0714. The Labute approximate surface area is 101 Å². The smallest absolute Gasteiger partial charge is 0.0763 e. The molecule has 0 saturated heterocycles. The molecule has 0 amide bonds. The predicted octanol–water partition coefficient (Wildman–Crippen LogP) is 4.03. The monoisotopic (exact) mass is 227 g/mol. The molecule has 0 unspecified atom stereocenters. The van der Waals surface area contributed by atoms with E-state index < -0.39 is 0 Å². The van der Waals surface area contributed by atoms with Crippen molar-refractivity contribution in [1.82, 2.24) is 0 Å². The first kappa shape index (κ1) is 11.0. The van der Waals surface area contributed by atoms with Gasteiger partial charge < -0.3 is 0 Å². The van der Waals surface area contributed by atoms with Crippen molar-refractivity contribution in [2.45, 2.75) is 11.8 Å². The molecule has 2 aromatic rings. The van der Waals surface area contributed by atoms with Gasteiger partial charge in [-0.25, -0.2) is 0 Å². The fourth-order valence-electron chi connectivity index (χ4n) is 1.47. The van der Waals surface area contributed by atoms with Crippen LogP contribution in [0.4, 0.5) is 5.69 Å². The number of benzene rings is 2. The van der Waals surface area contributed by atoms with E-state index in [0.29, 0.717) is 0 Å². The van der Waals surface area contributed by atoms with E-state index in [1.807, 2.05) is 42.6 Å². The molecule has 2 aromatic carbocycles. The van der Waals surface area contributed by atoms with Crippen molar-refractivity contribution in [3.05, 3.63) is 59.7 Å². The Balaban J connectivity index is 2.25. The van der Waals surface area contributed by atoms with Crippen LogP contribution >= 0.6 is 12.6 Å². The van der Waals surface area contributed by atoms with Crippen LogP contribution in [0.2, 0.25) is 0 Å². The van der Waals surface area contributed by atoms with Crippen LogP contribution in [0.15, 0.2) is 58.4 Å². The number of para-hydroxylation sites is 1. The van der Waals surface area contributed by atoms with Crippen molar-refractivity contribution in [2.24, 2.45) is 4.99 Å². The molecule has 0 saturated carbocycles. The standard InChI is InChI=1S/C14H13NS/c1-11-5-4-6-12(9-11)10-15-13-7-2-3-8-14(13)16/h2-10,16H,1H3. The molecular weight excluding hydrogens is 214 g/mol. The van der Waals surface area contributed by atoms with Crippen molar-refractivity contribution in [3.63, 3.8) is 0 Å². The summed E-state index contributed by atoms with van der Waals surface area (Å²) >= 11 is 4.35. The highest BCUT2D eigenvalue weighted by Gasteiger charge is 1.93. The number of aliphatic imine (C=N–C) groups is 1. The minimum Gasteiger partial charge on any atom is -0.255 e. The van der Waals surface area contributed by atoms with E-state index in [0.717, 1.165) is 16.1 Å². The summed E-state index contributed by atoms with van der Waals surface area (Å²) in [7, 11) is 0. The first-order chi connectivity index (χ1) is 7.75. The highest BCUT2D eigenvalue weighted by atomic mass is 32.1. The molecule has 2 rings (SSSR count). The Hall–Kier alpha value is -1.54. The largest absolute Gasteiger partial charge is 0.255 e. The first-order valence-corrected chi connectivity index (χ1v) is 5.59. The maximum absolute atomic E-state index is 4.42. The summed E-state index contributed by atoms with van der Waals surface area (Å²) in [5.74, 6) is 0. The third-order valence-electron chi connectivity index (χ3n) is 2.28. The van der Waals surface area contributed by atoms with E-state index in [-0.39, 0.29) is 0 Å². The Morgan fingerprint density at radius 2 is 1.88 bits per heavy atom. The van der Waals surface area contributed by atoms with Gasteiger partial charge in [-0.2, -0.15) is 0 Å². The highest BCUT2D eigenvalue weighted by molar-refractivity contribution is 7.80. The van der Waals surface area contributed by atoms with Gasteiger partial charge in [0, 0.05) is 11.1 Å². The summed E-state index contributed by atoms with van der Waals surface area (Å²) in [5.41, 5.74) is 3.24. The second-order valence-electron chi connectivity index (χ2n) is 3.66. The van der Waals surface area contributed by atoms with Crippen molar-refractivity contribution >= 4 is 24.5 Å². The molecule has 0 N–H and O–H groups in total. The van der Waals surface area contributed by atoms with Crippen molar-refractivity contribution in [3.8, 4) is 0 Å². The van der Waals surface area contributed by atoms with Crippen molar-refractivity contribution in [2.75, 3.05) is 0 Å². The Kier molecular flexibility index (Phi) is 3.42. The molecule has 0 spiro atoms. The van der Waals surface area contributed by atoms with Gasteiger partial charge in [0.15, 0.2) is 0 Å². The van der Waals surface area contributed by atoms with Gasteiger partial charge in [-0.1, -0.05) is 42.0 Å². The average molecular weight is 227 g/mol. The number of nitrogens with zero attached hydrogens (tertiary/aromatic N) is 1. The molecule has 80 valence electrons. The van der Waals surface area contributed by atoms with Crippen LogP contribution in [0, 0.1) is 6.92 Å².